The Hall–Kier alpha value is -6.36. The quantitative estimate of drug-likeness (QED) is 0.0819. The van der Waals surface area contributed by atoms with Gasteiger partial charge in [-0.05, 0) is 104 Å². The number of nitrogens with one attached hydrogen (secondary N) is 2. The number of carbonyl (C=O) groups excluding carboxylic acids is 4. The molecule has 0 bridgehead atoms. The standard InChI is InChI=1S/C34H40N8O4S2.C14H19NO3.C10H11BrO2/c43-29(20-23-4-8-27(9-5-23)41-12-16-45-17-13-41)35-33-39-37-31(47-33)25-2-1-3-26(22-25)32-38-40-34(48-32)36-30(44)21-24-6-10-28(11-7-24)42-14-18-46-19-15-42;1-2-18-14(16)11-12-3-5-13(6-4-12)15-7-9-17-10-8-15;1-2-13-10(12)7-8-3-5-9(11)6-4-8/h4-11,25-26H,1-3,12-22H2,(H,35,39,43)(H,36,40,44);3-6H,2,7-11H2,1H3;3-6H,2,7H2,1H3/t25-,26-;;/m0../s1. The monoisotopic (exact) mass is 1180 g/mol. The fraction of sp³-hybridized carbons (Fsp3) is 0.448. The van der Waals surface area contributed by atoms with Crippen LogP contribution in [0.2, 0.25) is 0 Å². The molecule has 3 aliphatic heterocycles. The Balaban J connectivity index is 0.000000215. The lowest BCUT2D eigenvalue weighted by Crippen LogP contribution is -2.36. The third-order valence-corrected chi connectivity index (χ3v) is 16.2. The Morgan fingerprint density at radius 1 is 0.506 bits per heavy atom. The number of halogens is 1. The van der Waals surface area contributed by atoms with E-state index in [9.17, 15) is 19.2 Å². The van der Waals surface area contributed by atoms with Crippen LogP contribution in [0.3, 0.4) is 0 Å². The number of amides is 2. The van der Waals surface area contributed by atoms with Gasteiger partial charge in [0.05, 0.1) is 78.5 Å². The fourth-order valence-corrected chi connectivity index (χ4v) is 11.6. The number of hydrogen-bond acceptors (Lipinski definition) is 18. The molecule has 0 spiro atoms. The third-order valence-electron chi connectivity index (χ3n) is 13.6. The Bertz CT molecular complexity index is 2720. The largest absolute Gasteiger partial charge is 0.466 e. The van der Waals surface area contributed by atoms with Crippen LogP contribution in [0.4, 0.5) is 27.3 Å². The first kappa shape index (κ1) is 58.8. The second-order valence-electron chi connectivity index (χ2n) is 19.3. The van der Waals surface area contributed by atoms with E-state index in [-0.39, 0.29) is 48.4 Å². The van der Waals surface area contributed by atoms with Gasteiger partial charge in [-0.15, -0.1) is 20.4 Å². The maximum Gasteiger partial charge on any atom is 0.310 e. The van der Waals surface area contributed by atoms with Crippen LogP contribution in [-0.4, -0.2) is 136 Å². The summed E-state index contributed by atoms with van der Waals surface area (Å²) >= 11 is 6.23. The predicted molar refractivity (Wildman–Crippen MR) is 312 cm³/mol. The molecular weight excluding hydrogens is 1110 g/mol. The van der Waals surface area contributed by atoms with Gasteiger partial charge in [-0.2, -0.15) is 0 Å². The number of esters is 2. The lowest BCUT2D eigenvalue weighted by atomic mass is 9.82. The van der Waals surface area contributed by atoms with E-state index in [4.69, 9.17) is 23.7 Å². The number of carbonyl (C=O) groups is 4. The lowest BCUT2D eigenvalue weighted by Gasteiger charge is -2.28. The summed E-state index contributed by atoms with van der Waals surface area (Å²) < 4.78 is 27.0. The molecule has 1 aliphatic carbocycles. The van der Waals surface area contributed by atoms with Crippen molar-refractivity contribution in [2.45, 2.75) is 77.0 Å². The van der Waals surface area contributed by atoms with E-state index in [1.165, 1.54) is 28.4 Å². The van der Waals surface area contributed by atoms with Crippen molar-refractivity contribution in [1.29, 1.82) is 0 Å². The number of hydrogen-bond donors (Lipinski definition) is 2. The van der Waals surface area contributed by atoms with Crippen molar-refractivity contribution < 1.29 is 42.9 Å². The number of ether oxygens (including phenoxy) is 5. The first-order valence-corrected chi connectivity index (χ1v) is 29.6. The zero-order valence-corrected chi connectivity index (χ0v) is 48.2. The first-order chi connectivity index (χ1) is 38.6. The highest BCUT2D eigenvalue weighted by Crippen LogP contribution is 2.43. The topological polar surface area (TPSA) is 200 Å². The molecule has 0 radical (unpaired) electrons. The van der Waals surface area contributed by atoms with E-state index in [1.54, 1.807) is 6.92 Å². The number of benzene rings is 4. The molecule has 2 amide bonds. The van der Waals surface area contributed by atoms with E-state index in [0.717, 1.165) is 153 Å². The van der Waals surface area contributed by atoms with Crippen molar-refractivity contribution in [2.75, 3.05) is 117 Å². The van der Waals surface area contributed by atoms with Crippen LogP contribution in [0.1, 0.15) is 83.6 Å². The number of aromatic nitrogens is 4. The second kappa shape index (κ2) is 30.9. The minimum absolute atomic E-state index is 0.105. The number of morpholine rings is 3. The SMILES string of the molecule is CCOC(=O)Cc1ccc(Br)cc1.CCOC(=O)Cc1ccc(N2CCOCC2)cc1.O=C(Cc1ccc(N2CCOCC2)cc1)Nc1nnc([C@H]2CCC[C@H](c3nnc(NC(=O)Cc4ccc(N5CCOCC5)cc4)s3)C2)s1. The number of rotatable bonds is 17. The van der Waals surface area contributed by atoms with Crippen LogP contribution in [-0.2, 0) is 68.5 Å². The van der Waals surface area contributed by atoms with Crippen LogP contribution < -0.4 is 25.3 Å². The molecule has 2 aromatic heterocycles. The summed E-state index contributed by atoms with van der Waals surface area (Å²) in [5.41, 5.74) is 7.36. The summed E-state index contributed by atoms with van der Waals surface area (Å²) in [4.78, 5) is 54.9. The maximum atomic E-state index is 12.8. The Morgan fingerprint density at radius 2 is 0.835 bits per heavy atom. The van der Waals surface area contributed by atoms with Crippen LogP contribution in [0.25, 0.3) is 0 Å². The molecule has 21 heteroatoms. The molecule has 10 rings (SSSR count). The summed E-state index contributed by atoms with van der Waals surface area (Å²) in [6.07, 6.45) is 5.21. The van der Waals surface area contributed by atoms with E-state index in [2.05, 4.69) is 98.1 Å². The Kier molecular flexibility index (Phi) is 23.0. The minimum atomic E-state index is -0.176. The lowest BCUT2D eigenvalue weighted by molar-refractivity contribution is -0.143. The van der Waals surface area contributed by atoms with Gasteiger partial charge in [0.2, 0.25) is 22.1 Å². The molecule has 1 saturated carbocycles. The molecule has 2 N–H and O–H groups in total. The van der Waals surface area contributed by atoms with Gasteiger partial charge < -0.3 is 49.0 Å². The molecule has 0 unspecified atom stereocenters. The number of anilines is 5. The molecule has 4 fully saturated rings. The highest BCUT2D eigenvalue weighted by molar-refractivity contribution is 9.10. The minimum Gasteiger partial charge on any atom is -0.466 e. The van der Waals surface area contributed by atoms with Crippen LogP contribution in [0.5, 0.6) is 0 Å². The van der Waals surface area contributed by atoms with E-state index < -0.39 is 0 Å². The van der Waals surface area contributed by atoms with E-state index in [1.807, 2.05) is 67.6 Å². The molecule has 3 saturated heterocycles. The molecule has 420 valence electrons. The van der Waals surface area contributed by atoms with Crippen LogP contribution >= 0.6 is 38.6 Å². The van der Waals surface area contributed by atoms with Gasteiger partial charge in [-0.25, -0.2) is 0 Å². The summed E-state index contributed by atoms with van der Waals surface area (Å²) in [7, 11) is 0. The highest BCUT2D eigenvalue weighted by Gasteiger charge is 2.30. The molecule has 79 heavy (non-hydrogen) atoms. The molecule has 4 aliphatic rings. The molecule has 6 aromatic rings. The number of nitrogens with zero attached hydrogens (tertiary/aromatic N) is 7. The van der Waals surface area contributed by atoms with Crippen molar-refractivity contribution in [3.8, 4) is 0 Å². The molecule has 4 aromatic carbocycles. The average Bonchev–Trinajstić information content (AvgIpc) is 4.18. The molecule has 18 nitrogen and oxygen atoms in total. The van der Waals surface area contributed by atoms with Gasteiger partial charge >= 0.3 is 11.9 Å². The first-order valence-electron chi connectivity index (χ1n) is 27.1. The molecule has 2 atom stereocenters. The summed E-state index contributed by atoms with van der Waals surface area (Å²) in [6, 6.07) is 32.0. The zero-order valence-electron chi connectivity index (χ0n) is 44.9. The predicted octanol–water partition coefficient (Wildman–Crippen LogP) is 9.05. The Morgan fingerprint density at radius 3 is 1.18 bits per heavy atom. The van der Waals surface area contributed by atoms with Gasteiger partial charge in [0, 0.05) is 72.6 Å². The highest BCUT2D eigenvalue weighted by atomic mass is 79.9. The average molecular weight is 1180 g/mol. The summed E-state index contributed by atoms with van der Waals surface area (Å²) in [6.45, 7) is 14.4. The second-order valence-corrected chi connectivity index (χ2v) is 22.2. The van der Waals surface area contributed by atoms with Crippen LogP contribution in [0.15, 0.2) is 102 Å². The van der Waals surface area contributed by atoms with E-state index >= 15 is 0 Å². The molecule has 5 heterocycles. The fourth-order valence-electron chi connectivity index (χ4n) is 9.53. The van der Waals surface area contributed by atoms with Crippen molar-refractivity contribution >= 4 is 89.7 Å². The van der Waals surface area contributed by atoms with Gasteiger partial charge in [0.15, 0.2) is 0 Å². The van der Waals surface area contributed by atoms with Crippen molar-refractivity contribution in [3.63, 3.8) is 0 Å². The molecular formula is C58H70BrN9O9S2. The summed E-state index contributed by atoms with van der Waals surface area (Å²) in [5.74, 6) is -0.0796. The summed E-state index contributed by atoms with van der Waals surface area (Å²) in [5, 5.41) is 26.3. The Labute approximate surface area is 478 Å². The zero-order chi connectivity index (χ0) is 55.2. The van der Waals surface area contributed by atoms with Gasteiger partial charge in [0.1, 0.15) is 10.0 Å². The van der Waals surface area contributed by atoms with Gasteiger partial charge in [-0.1, -0.05) is 93.6 Å². The van der Waals surface area contributed by atoms with Crippen molar-refractivity contribution in [2.24, 2.45) is 0 Å². The normalized spacial score (nSPS) is 17.3. The van der Waals surface area contributed by atoms with Gasteiger partial charge in [-0.3, -0.25) is 19.2 Å². The van der Waals surface area contributed by atoms with Gasteiger partial charge in [0.25, 0.3) is 0 Å². The maximum absolute atomic E-state index is 12.8. The smallest absolute Gasteiger partial charge is 0.310 e. The van der Waals surface area contributed by atoms with Crippen LogP contribution in [0, 0.1) is 0 Å². The third kappa shape index (κ3) is 18.9. The van der Waals surface area contributed by atoms with Crippen molar-refractivity contribution in [1.82, 2.24) is 20.4 Å². The van der Waals surface area contributed by atoms with E-state index in [0.29, 0.717) is 36.3 Å². The van der Waals surface area contributed by atoms with Crippen molar-refractivity contribution in [3.05, 3.63) is 134 Å².